The Hall–Kier alpha value is -1.78. The molecule has 0 unspecified atom stereocenters. The van der Waals surface area contributed by atoms with Gasteiger partial charge in [-0.05, 0) is 19.8 Å². The first-order valence-electron chi connectivity index (χ1n) is 5.83. The molecule has 0 saturated heterocycles. The number of rotatable bonds is 5. The quantitative estimate of drug-likeness (QED) is 0.568. The van der Waals surface area contributed by atoms with Gasteiger partial charge in [0.25, 0.3) is 0 Å². The second-order valence-corrected chi connectivity index (χ2v) is 4.03. The van der Waals surface area contributed by atoms with Gasteiger partial charge >= 0.3 is 11.7 Å². The van der Waals surface area contributed by atoms with E-state index in [1.807, 2.05) is 0 Å². The van der Waals surface area contributed by atoms with Gasteiger partial charge in [0.05, 0.1) is 6.61 Å². The number of imidazole rings is 1. The van der Waals surface area contributed by atoms with Crippen LogP contribution in [-0.2, 0) is 16.1 Å². The standard InChI is InChI=1S/C12H16N2O3/c1-2-17-11(15)4-3-7-13-8-9-14(12(13)16)10-5-6-10/h3-4,8-10H,2,5-7H2,1H3/b4-3+. The second kappa shape index (κ2) is 5.03. The summed E-state index contributed by atoms with van der Waals surface area (Å²) in [6.45, 7) is 2.52. The largest absolute Gasteiger partial charge is 0.463 e. The minimum absolute atomic E-state index is 0.0130. The molecular weight excluding hydrogens is 220 g/mol. The van der Waals surface area contributed by atoms with E-state index in [-0.39, 0.29) is 11.7 Å². The third kappa shape index (κ3) is 2.87. The molecule has 5 heteroatoms. The topological polar surface area (TPSA) is 53.2 Å². The smallest absolute Gasteiger partial charge is 0.330 e. The van der Waals surface area contributed by atoms with E-state index in [2.05, 4.69) is 0 Å². The average Bonchev–Trinajstić information content (AvgIpc) is 3.06. The summed E-state index contributed by atoms with van der Waals surface area (Å²) in [4.78, 5) is 22.9. The minimum Gasteiger partial charge on any atom is -0.463 e. The van der Waals surface area contributed by atoms with Gasteiger partial charge in [-0.25, -0.2) is 9.59 Å². The average molecular weight is 236 g/mol. The zero-order valence-electron chi connectivity index (χ0n) is 9.83. The Morgan fingerprint density at radius 2 is 2.29 bits per heavy atom. The molecule has 1 aromatic rings. The van der Waals surface area contributed by atoms with Crippen molar-refractivity contribution in [3.05, 3.63) is 35.0 Å². The van der Waals surface area contributed by atoms with Crippen LogP contribution in [0.5, 0.6) is 0 Å². The Morgan fingerprint density at radius 3 is 2.94 bits per heavy atom. The van der Waals surface area contributed by atoms with E-state index in [9.17, 15) is 9.59 Å². The van der Waals surface area contributed by atoms with E-state index < -0.39 is 0 Å². The monoisotopic (exact) mass is 236 g/mol. The molecule has 1 aliphatic rings. The van der Waals surface area contributed by atoms with Crippen molar-refractivity contribution >= 4 is 5.97 Å². The number of hydrogen-bond donors (Lipinski definition) is 0. The predicted molar refractivity (Wildman–Crippen MR) is 62.7 cm³/mol. The van der Waals surface area contributed by atoms with E-state index in [4.69, 9.17) is 4.74 Å². The van der Waals surface area contributed by atoms with Crippen molar-refractivity contribution in [3.8, 4) is 0 Å². The molecule has 92 valence electrons. The van der Waals surface area contributed by atoms with E-state index >= 15 is 0 Å². The Kier molecular flexibility index (Phi) is 3.46. The van der Waals surface area contributed by atoms with Gasteiger partial charge in [0, 0.05) is 31.1 Å². The third-order valence-corrected chi connectivity index (χ3v) is 2.66. The first-order valence-corrected chi connectivity index (χ1v) is 5.83. The summed E-state index contributed by atoms with van der Waals surface area (Å²) in [5, 5.41) is 0. The van der Waals surface area contributed by atoms with Crippen molar-refractivity contribution in [1.29, 1.82) is 0 Å². The van der Waals surface area contributed by atoms with Gasteiger partial charge in [-0.2, -0.15) is 0 Å². The Bertz CT molecular complexity index is 480. The van der Waals surface area contributed by atoms with Crippen molar-refractivity contribution in [2.75, 3.05) is 6.61 Å². The van der Waals surface area contributed by atoms with Gasteiger partial charge in [-0.1, -0.05) is 6.08 Å². The summed E-state index contributed by atoms with van der Waals surface area (Å²) >= 11 is 0. The minimum atomic E-state index is -0.373. The highest BCUT2D eigenvalue weighted by Crippen LogP contribution is 2.33. The molecule has 5 nitrogen and oxygen atoms in total. The summed E-state index contributed by atoms with van der Waals surface area (Å²) in [5.74, 6) is -0.373. The summed E-state index contributed by atoms with van der Waals surface area (Å²) in [7, 11) is 0. The van der Waals surface area contributed by atoms with Gasteiger partial charge in [0.15, 0.2) is 0 Å². The molecule has 0 atom stereocenters. The summed E-state index contributed by atoms with van der Waals surface area (Å²) in [5.41, 5.74) is -0.0130. The molecule has 0 aliphatic heterocycles. The maximum atomic E-state index is 11.8. The Labute approximate surface area is 99.3 Å². The number of carbonyl (C=O) groups is 1. The van der Waals surface area contributed by atoms with Crippen LogP contribution in [0.2, 0.25) is 0 Å². The van der Waals surface area contributed by atoms with Gasteiger partial charge in [0.2, 0.25) is 0 Å². The van der Waals surface area contributed by atoms with Crippen LogP contribution in [0.1, 0.15) is 25.8 Å². The van der Waals surface area contributed by atoms with Gasteiger partial charge in [-0.15, -0.1) is 0 Å². The van der Waals surface area contributed by atoms with E-state index in [1.54, 1.807) is 34.5 Å². The van der Waals surface area contributed by atoms with Gasteiger partial charge < -0.3 is 4.74 Å². The molecule has 0 N–H and O–H groups in total. The fourth-order valence-corrected chi connectivity index (χ4v) is 1.65. The van der Waals surface area contributed by atoms with Crippen LogP contribution in [0, 0.1) is 0 Å². The van der Waals surface area contributed by atoms with Crippen molar-refractivity contribution < 1.29 is 9.53 Å². The molecule has 0 bridgehead atoms. The molecular formula is C12H16N2O3. The van der Waals surface area contributed by atoms with E-state index in [0.29, 0.717) is 19.2 Å². The Balaban J connectivity index is 1.95. The maximum Gasteiger partial charge on any atom is 0.330 e. The van der Waals surface area contributed by atoms with Crippen molar-refractivity contribution in [2.45, 2.75) is 32.4 Å². The highest BCUT2D eigenvalue weighted by Gasteiger charge is 2.25. The summed E-state index contributed by atoms with van der Waals surface area (Å²) in [6, 6.07) is 0.387. The first-order chi connectivity index (χ1) is 8.22. The van der Waals surface area contributed by atoms with E-state index in [0.717, 1.165) is 12.8 Å². The van der Waals surface area contributed by atoms with Crippen LogP contribution in [0.3, 0.4) is 0 Å². The fourth-order valence-electron chi connectivity index (χ4n) is 1.65. The molecule has 0 amide bonds. The molecule has 2 rings (SSSR count). The SMILES string of the molecule is CCOC(=O)/C=C/Cn1ccn(C2CC2)c1=O. The molecule has 1 saturated carbocycles. The van der Waals surface area contributed by atoms with Crippen LogP contribution in [0.4, 0.5) is 0 Å². The highest BCUT2D eigenvalue weighted by atomic mass is 16.5. The number of esters is 1. The van der Waals surface area contributed by atoms with Crippen molar-refractivity contribution in [1.82, 2.24) is 9.13 Å². The normalized spacial score (nSPS) is 15.4. The molecule has 1 heterocycles. The maximum absolute atomic E-state index is 11.8. The lowest BCUT2D eigenvalue weighted by molar-refractivity contribution is -0.137. The molecule has 0 spiro atoms. The first kappa shape index (κ1) is 11.7. The van der Waals surface area contributed by atoms with Gasteiger partial charge in [-0.3, -0.25) is 9.13 Å². The summed E-state index contributed by atoms with van der Waals surface area (Å²) < 4.78 is 8.07. The van der Waals surface area contributed by atoms with Crippen LogP contribution in [-0.4, -0.2) is 21.7 Å². The lowest BCUT2D eigenvalue weighted by atomic mass is 10.5. The van der Waals surface area contributed by atoms with Crippen molar-refractivity contribution in [3.63, 3.8) is 0 Å². The Morgan fingerprint density at radius 1 is 1.53 bits per heavy atom. The molecule has 1 fully saturated rings. The summed E-state index contributed by atoms with van der Waals surface area (Å²) in [6.07, 6.45) is 8.71. The van der Waals surface area contributed by atoms with Gasteiger partial charge in [0.1, 0.15) is 0 Å². The fraction of sp³-hybridized carbons (Fsp3) is 0.500. The number of hydrogen-bond acceptors (Lipinski definition) is 3. The molecule has 1 aromatic heterocycles. The number of nitrogens with zero attached hydrogens (tertiary/aromatic N) is 2. The van der Waals surface area contributed by atoms with Crippen LogP contribution < -0.4 is 5.69 Å². The second-order valence-electron chi connectivity index (χ2n) is 4.03. The predicted octanol–water partition coefficient (Wildman–Crippen LogP) is 1.10. The number of carbonyl (C=O) groups excluding carboxylic acids is 1. The third-order valence-electron chi connectivity index (χ3n) is 2.66. The van der Waals surface area contributed by atoms with Crippen LogP contribution in [0.25, 0.3) is 0 Å². The lowest BCUT2D eigenvalue weighted by Crippen LogP contribution is -2.23. The van der Waals surface area contributed by atoms with Crippen LogP contribution in [0.15, 0.2) is 29.3 Å². The highest BCUT2D eigenvalue weighted by molar-refractivity contribution is 5.81. The zero-order valence-corrected chi connectivity index (χ0v) is 9.83. The molecule has 0 radical (unpaired) electrons. The number of aromatic nitrogens is 2. The molecule has 17 heavy (non-hydrogen) atoms. The zero-order chi connectivity index (χ0) is 12.3. The lowest BCUT2D eigenvalue weighted by Gasteiger charge is -1.97. The molecule has 0 aromatic carbocycles. The van der Waals surface area contributed by atoms with Crippen molar-refractivity contribution in [2.24, 2.45) is 0 Å². The van der Waals surface area contributed by atoms with Crippen LogP contribution >= 0.6 is 0 Å². The number of ether oxygens (including phenoxy) is 1. The molecule has 1 aliphatic carbocycles. The van der Waals surface area contributed by atoms with E-state index in [1.165, 1.54) is 6.08 Å². The number of allylic oxidation sites excluding steroid dienone is 1.